The number of fused-ring (bicyclic) bond motifs is 1. The lowest BCUT2D eigenvalue weighted by Crippen LogP contribution is -2.41. The molecular weight excluding hydrogens is 398 g/mol. The Bertz CT molecular complexity index is 1080. The van der Waals surface area contributed by atoms with Gasteiger partial charge in [-0.05, 0) is 85.9 Å². The molecule has 1 N–H and O–H groups in total. The molecule has 0 saturated carbocycles. The molecule has 1 unspecified atom stereocenters. The zero-order valence-electron chi connectivity index (χ0n) is 18.9. The van der Waals surface area contributed by atoms with E-state index >= 15 is 0 Å². The molecule has 5 nitrogen and oxygen atoms in total. The van der Waals surface area contributed by atoms with Crippen LogP contribution < -0.4 is 4.74 Å². The maximum atomic E-state index is 13.3. The predicted octanol–water partition coefficient (Wildman–Crippen LogP) is 4.55. The highest BCUT2D eigenvalue weighted by Crippen LogP contribution is 2.32. The molecule has 2 aliphatic rings. The summed E-state index contributed by atoms with van der Waals surface area (Å²) in [4.78, 5) is 15.4. The molecule has 3 aromatic rings. The maximum absolute atomic E-state index is 13.3. The van der Waals surface area contributed by atoms with Crippen LogP contribution in [-0.4, -0.2) is 33.6 Å². The first-order valence-electron chi connectivity index (χ1n) is 11.7. The van der Waals surface area contributed by atoms with Gasteiger partial charge in [-0.15, -0.1) is 0 Å². The van der Waals surface area contributed by atoms with E-state index in [4.69, 9.17) is 4.74 Å². The fourth-order valence-corrected chi connectivity index (χ4v) is 5.32. The molecule has 166 valence electrons. The van der Waals surface area contributed by atoms with Crippen molar-refractivity contribution in [3.05, 3.63) is 82.2 Å². The van der Waals surface area contributed by atoms with Crippen LogP contribution in [0.25, 0.3) is 0 Å². The molecule has 5 rings (SSSR count). The molecule has 2 aromatic carbocycles. The molecule has 0 spiro atoms. The summed E-state index contributed by atoms with van der Waals surface area (Å²) < 4.78 is 6.04. The number of nitrogens with zero attached hydrogens (tertiary/aromatic N) is 2. The topological polar surface area (TPSA) is 58.2 Å². The number of benzene rings is 2. The molecule has 5 heteroatoms. The van der Waals surface area contributed by atoms with Gasteiger partial charge in [0.1, 0.15) is 12.4 Å². The molecule has 1 fully saturated rings. The second-order valence-electron chi connectivity index (χ2n) is 9.29. The Labute approximate surface area is 189 Å². The maximum Gasteiger partial charge on any atom is 0.226 e. The monoisotopic (exact) mass is 429 g/mol. The molecule has 1 aromatic heterocycles. The molecule has 1 amide bonds. The van der Waals surface area contributed by atoms with Crippen LogP contribution >= 0.6 is 0 Å². The van der Waals surface area contributed by atoms with Gasteiger partial charge in [-0.25, -0.2) is 0 Å². The zero-order chi connectivity index (χ0) is 22.1. The largest absolute Gasteiger partial charge is 0.489 e. The second kappa shape index (κ2) is 8.81. The van der Waals surface area contributed by atoms with Crippen molar-refractivity contribution in [2.24, 2.45) is 5.92 Å². The van der Waals surface area contributed by atoms with Crippen LogP contribution in [0.15, 0.2) is 48.7 Å². The van der Waals surface area contributed by atoms with Crippen molar-refractivity contribution in [2.75, 3.05) is 6.54 Å². The molecule has 0 radical (unpaired) electrons. The van der Waals surface area contributed by atoms with E-state index in [0.29, 0.717) is 18.6 Å². The fourth-order valence-electron chi connectivity index (χ4n) is 5.32. The highest BCUT2D eigenvalue weighted by molar-refractivity contribution is 5.81. The van der Waals surface area contributed by atoms with Crippen LogP contribution in [0.3, 0.4) is 0 Å². The van der Waals surface area contributed by atoms with Crippen molar-refractivity contribution in [3.63, 3.8) is 0 Å². The van der Waals surface area contributed by atoms with Crippen molar-refractivity contribution >= 4 is 5.91 Å². The Kier molecular flexibility index (Phi) is 5.73. The molecule has 32 heavy (non-hydrogen) atoms. The minimum absolute atomic E-state index is 0.0780. The Morgan fingerprint density at radius 2 is 1.91 bits per heavy atom. The number of amides is 1. The Morgan fingerprint density at radius 1 is 1.12 bits per heavy atom. The zero-order valence-corrected chi connectivity index (χ0v) is 18.9. The average molecular weight is 430 g/mol. The van der Waals surface area contributed by atoms with Crippen molar-refractivity contribution in [3.8, 4) is 5.75 Å². The molecule has 1 saturated heterocycles. The molecule has 0 bridgehead atoms. The third kappa shape index (κ3) is 4.16. The number of hydrogen-bond acceptors (Lipinski definition) is 3. The highest BCUT2D eigenvalue weighted by Gasteiger charge is 2.37. The van der Waals surface area contributed by atoms with E-state index in [9.17, 15) is 4.79 Å². The Morgan fingerprint density at radius 3 is 2.69 bits per heavy atom. The van der Waals surface area contributed by atoms with Gasteiger partial charge in [0.05, 0.1) is 5.69 Å². The van der Waals surface area contributed by atoms with Crippen LogP contribution in [0.5, 0.6) is 5.75 Å². The van der Waals surface area contributed by atoms with Gasteiger partial charge in [-0.2, -0.15) is 5.10 Å². The summed E-state index contributed by atoms with van der Waals surface area (Å²) in [5.74, 6) is 1.30. The number of hydrogen-bond donors (Lipinski definition) is 1. The van der Waals surface area contributed by atoms with Crippen molar-refractivity contribution < 1.29 is 9.53 Å². The number of rotatable bonds is 6. The number of carbonyl (C=O) groups excluding carboxylic acids is 1. The molecular formula is C27H31N3O2. The van der Waals surface area contributed by atoms with Crippen molar-refractivity contribution in [1.29, 1.82) is 0 Å². The molecule has 2 atom stereocenters. The molecule has 1 aliphatic carbocycles. The fraction of sp³-hybridized carbons (Fsp3) is 0.407. The van der Waals surface area contributed by atoms with Gasteiger partial charge in [0.25, 0.3) is 0 Å². The number of carbonyl (C=O) groups is 1. The number of ether oxygens (including phenoxy) is 1. The standard InChI is InChI=1S/C27H31N3O2/c1-18-12-24(32-17-20-6-4-3-5-7-20)13-19(2)25(18)15-21-10-11-30(27(21)31)23-8-9-26-22(14-23)16-28-29-26/h3-7,12-13,16,21,23H,8-11,14-15,17H2,1-2H3,(H,28,29)/t21?,23-/m1/s1. The smallest absolute Gasteiger partial charge is 0.226 e. The van der Waals surface area contributed by atoms with Gasteiger partial charge in [-0.1, -0.05) is 30.3 Å². The summed E-state index contributed by atoms with van der Waals surface area (Å²) in [7, 11) is 0. The lowest BCUT2D eigenvalue weighted by molar-refractivity contribution is -0.133. The van der Waals surface area contributed by atoms with E-state index in [1.165, 1.54) is 27.9 Å². The first-order valence-corrected chi connectivity index (χ1v) is 11.7. The second-order valence-corrected chi connectivity index (χ2v) is 9.29. The lowest BCUT2D eigenvalue weighted by Gasteiger charge is -2.31. The number of aromatic nitrogens is 2. The Hall–Kier alpha value is -3.08. The van der Waals surface area contributed by atoms with Crippen molar-refractivity contribution in [2.45, 2.75) is 58.6 Å². The van der Waals surface area contributed by atoms with Gasteiger partial charge < -0.3 is 9.64 Å². The first-order chi connectivity index (χ1) is 15.6. The minimum atomic E-state index is 0.0780. The first kappa shape index (κ1) is 20.8. The predicted molar refractivity (Wildman–Crippen MR) is 125 cm³/mol. The van der Waals surface area contributed by atoms with E-state index < -0.39 is 0 Å². The van der Waals surface area contributed by atoms with Crippen LogP contribution in [0, 0.1) is 19.8 Å². The number of likely N-dealkylation sites (tertiary alicyclic amines) is 1. The van der Waals surface area contributed by atoms with E-state index in [-0.39, 0.29) is 5.92 Å². The average Bonchev–Trinajstić information content (AvgIpc) is 3.41. The Balaban J connectivity index is 1.23. The van der Waals surface area contributed by atoms with E-state index in [1.54, 1.807) is 0 Å². The van der Waals surface area contributed by atoms with E-state index in [0.717, 1.165) is 50.0 Å². The van der Waals surface area contributed by atoms with Gasteiger partial charge >= 0.3 is 0 Å². The number of aromatic amines is 1. The summed E-state index contributed by atoms with van der Waals surface area (Å²) in [5, 5.41) is 7.30. The van der Waals surface area contributed by atoms with Crippen LogP contribution in [0.1, 0.15) is 46.4 Å². The molecule has 1 aliphatic heterocycles. The van der Waals surface area contributed by atoms with Gasteiger partial charge in [0.2, 0.25) is 5.91 Å². The third-order valence-electron chi connectivity index (χ3n) is 7.14. The third-order valence-corrected chi connectivity index (χ3v) is 7.14. The van der Waals surface area contributed by atoms with Gasteiger partial charge in [0.15, 0.2) is 0 Å². The summed E-state index contributed by atoms with van der Waals surface area (Å²) >= 11 is 0. The van der Waals surface area contributed by atoms with Crippen LogP contribution in [0.4, 0.5) is 0 Å². The van der Waals surface area contributed by atoms with Crippen molar-refractivity contribution in [1.82, 2.24) is 15.1 Å². The number of nitrogens with one attached hydrogen (secondary N) is 1. The summed E-state index contributed by atoms with van der Waals surface area (Å²) in [5.41, 5.74) is 7.31. The molecule has 2 heterocycles. The van der Waals surface area contributed by atoms with E-state index in [2.05, 4.69) is 53.2 Å². The van der Waals surface area contributed by atoms with Gasteiger partial charge in [0, 0.05) is 24.7 Å². The van der Waals surface area contributed by atoms with E-state index in [1.807, 2.05) is 24.4 Å². The van der Waals surface area contributed by atoms with Gasteiger partial charge in [-0.3, -0.25) is 9.89 Å². The highest BCUT2D eigenvalue weighted by atomic mass is 16.5. The minimum Gasteiger partial charge on any atom is -0.489 e. The van der Waals surface area contributed by atoms with Crippen LogP contribution in [-0.2, 0) is 30.7 Å². The lowest BCUT2D eigenvalue weighted by atomic mass is 9.90. The summed E-state index contributed by atoms with van der Waals surface area (Å²) in [6.45, 7) is 5.71. The normalized spacial score (nSPS) is 20.4. The SMILES string of the molecule is Cc1cc(OCc2ccccc2)cc(C)c1CC1CCN([C@@H]2CCc3n[nH]cc3C2)C1=O. The quantitative estimate of drug-likeness (QED) is 0.625. The summed E-state index contributed by atoms with van der Waals surface area (Å²) in [6.07, 6.45) is 6.65. The van der Waals surface area contributed by atoms with Crippen LogP contribution in [0.2, 0.25) is 0 Å². The number of aryl methyl sites for hydroxylation is 3. The summed E-state index contributed by atoms with van der Waals surface area (Å²) in [6, 6.07) is 14.8. The number of H-pyrrole nitrogens is 1.